The lowest BCUT2D eigenvalue weighted by molar-refractivity contribution is -0.114. The molecule has 3 N–H and O–H groups in total. The van der Waals surface area contributed by atoms with Crippen molar-refractivity contribution in [1.29, 1.82) is 0 Å². The number of ether oxygens (including phenoxy) is 1. The molecule has 32 heavy (non-hydrogen) atoms. The Morgan fingerprint density at radius 3 is 2.28 bits per heavy atom. The molecule has 8 nitrogen and oxygen atoms in total. The van der Waals surface area contributed by atoms with Gasteiger partial charge in [0.1, 0.15) is 0 Å². The molecule has 1 saturated heterocycles. The fraction of sp³-hybridized carbons (Fsp3) is 0.375. The summed E-state index contributed by atoms with van der Waals surface area (Å²) in [5.41, 5.74) is 2.05. The molecular weight excluding hydrogens is 408 g/mol. The van der Waals surface area contributed by atoms with E-state index in [1.807, 2.05) is 20.8 Å². The van der Waals surface area contributed by atoms with E-state index in [4.69, 9.17) is 4.74 Å². The van der Waals surface area contributed by atoms with E-state index in [1.54, 1.807) is 53.4 Å². The predicted octanol–water partition coefficient (Wildman–Crippen LogP) is 2.74. The Bertz CT molecular complexity index is 961. The maximum absolute atomic E-state index is 12.5. The maximum atomic E-state index is 12.5. The Morgan fingerprint density at radius 2 is 1.62 bits per heavy atom. The van der Waals surface area contributed by atoms with Crippen LogP contribution in [0, 0.1) is 0 Å². The second kappa shape index (κ2) is 10.3. The van der Waals surface area contributed by atoms with E-state index in [9.17, 15) is 14.4 Å². The highest BCUT2D eigenvalue weighted by atomic mass is 16.5. The van der Waals surface area contributed by atoms with Crippen molar-refractivity contribution in [3.05, 3.63) is 59.7 Å². The lowest BCUT2D eigenvalue weighted by atomic mass is 10.1. The third kappa shape index (κ3) is 6.81. The van der Waals surface area contributed by atoms with E-state index in [0.717, 1.165) is 0 Å². The zero-order valence-corrected chi connectivity index (χ0v) is 18.7. The van der Waals surface area contributed by atoms with Crippen LogP contribution < -0.4 is 16.0 Å². The van der Waals surface area contributed by atoms with Gasteiger partial charge in [-0.2, -0.15) is 0 Å². The number of nitrogens with zero attached hydrogens (tertiary/aromatic N) is 1. The number of carbonyl (C=O) groups is 3. The number of amides is 3. The highest BCUT2D eigenvalue weighted by Gasteiger charge is 2.18. The summed E-state index contributed by atoms with van der Waals surface area (Å²) >= 11 is 0. The standard InChI is InChI=1S/C24H30N4O4/c1-24(2,3)27-22(30)18-5-4-6-20(15-18)25-16-21(29)26-19-9-7-17(8-10-19)23(31)28-11-13-32-14-12-28/h4-10,15,25H,11-14,16H2,1-3H3,(H,26,29)(H,27,30). The van der Waals surface area contributed by atoms with Crippen molar-refractivity contribution in [2.75, 3.05) is 43.5 Å². The topological polar surface area (TPSA) is 99.8 Å². The average Bonchev–Trinajstić information content (AvgIpc) is 2.77. The van der Waals surface area contributed by atoms with Crippen LogP contribution in [0.2, 0.25) is 0 Å². The summed E-state index contributed by atoms with van der Waals surface area (Å²) in [7, 11) is 0. The van der Waals surface area contributed by atoms with Gasteiger partial charge in [0.15, 0.2) is 0 Å². The molecule has 170 valence electrons. The molecule has 0 unspecified atom stereocenters. The van der Waals surface area contributed by atoms with Crippen molar-refractivity contribution in [3.63, 3.8) is 0 Å². The number of rotatable bonds is 6. The summed E-state index contributed by atoms with van der Waals surface area (Å²) in [6.07, 6.45) is 0. The Labute approximate surface area is 188 Å². The van der Waals surface area contributed by atoms with Gasteiger partial charge in [-0.05, 0) is 63.2 Å². The lowest BCUT2D eigenvalue weighted by Crippen LogP contribution is -2.40. The summed E-state index contributed by atoms with van der Waals surface area (Å²) in [5.74, 6) is -0.442. The number of carbonyl (C=O) groups excluding carboxylic acids is 3. The van der Waals surface area contributed by atoms with Gasteiger partial charge in [-0.3, -0.25) is 14.4 Å². The van der Waals surface area contributed by atoms with E-state index in [1.165, 1.54) is 0 Å². The van der Waals surface area contributed by atoms with Gasteiger partial charge in [0.05, 0.1) is 19.8 Å². The maximum Gasteiger partial charge on any atom is 0.254 e. The first-order chi connectivity index (χ1) is 15.2. The number of hydrogen-bond donors (Lipinski definition) is 3. The highest BCUT2D eigenvalue weighted by Crippen LogP contribution is 2.14. The minimum Gasteiger partial charge on any atom is -0.378 e. The monoisotopic (exact) mass is 438 g/mol. The van der Waals surface area contributed by atoms with Gasteiger partial charge in [0.2, 0.25) is 5.91 Å². The number of anilines is 2. The first-order valence-corrected chi connectivity index (χ1v) is 10.6. The number of benzene rings is 2. The third-order valence-electron chi connectivity index (χ3n) is 4.78. The number of morpholine rings is 1. The van der Waals surface area contributed by atoms with Gasteiger partial charge in [-0.1, -0.05) is 6.07 Å². The molecule has 3 rings (SSSR count). The molecule has 0 atom stereocenters. The van der Waals surface area contributed by atoms with Crippen LogP contribution in [0.5, 0.6) is 0 Å². The Balaban J connectivity index is 1.51. The van der Waals surface area contributed by atoms with Gasteiger partial charge in [-0.15, -0.1) is 0 Å². The van der Waals surface area contributed by atoms with Crippen LogP contribution in [0.15, 0.2) is 48.5 Å². The Hall–Kier alpha value is -3.39. The molecule has 1 fully saturated rings. The molecule has 0 radical (unpaired) electrons. The van der Waals surface area contributed by atoms with E-state index in [2.05, 4.69) is 16.0 Å². The fourth-order valence-corrected chi connectivity index (χ4v) is 3.22. The van der Waals surface area contributed by atoms with Crippen molar-refractivity contribution in [2.24, 2.45) is 0 Å². The van der Waals surface area contributed by atoms with Crippen LogP contribution in [0.4, 0.5) is 11.4 Å². The summed E-state index contributed by atoms with van der Waals surface area (Å²) in [6, 6.07) is 13.8. The van der Waals surface area contributed by atoms with Gasteiger partial charge < -0.3 is 25.6 Å². The van der Waals surface area contributed by atoms with Crippen molar-refractivity contribution in [2.45, 2.75) is 26.3 Å². The van der Waals surface area contributed by atoms with Crippen LogP contribution in [0.3, 0.4) is 0 Å². The van der Waals surface area contributed by atoms with Crippen molar-refractivity contribution >= 4 is 29.1 Å². The van der Waals surface area contributed by atoms with Gasteiger partial charge in [-0.25, -0.2) is 0 Å². The van der Waals surface area contributed by atoms with Crippen LogP contribution in [-0.2, 0) is 9.53 Å². The number of nitrogens with one attached hydrogen (secondary N) is 3. The third-order valence-corrected chi connectivity index (χ3v) is 4.78. The molecule has 2 aromatic carbocycles. The van der Waals surface area contributed by atoms with Crippen molar-refractivity contribution in [1.82, 2.24) is 10.2 Å². The molecule has 8 heteroatoms. The second-order valence-corrected chi connectivity index (χ2v) is 8.67. The van der Waals surface area contributed by atoms with Crippen LogP contribution in [0.25, 0.3) is 0 Å². The Kier molecular flexibility index (Phi) is 7.48. The Morgan fingerprint density at radius 1 is 0.938 bits per heavy atom. The summed E-state index contributed by atoms with van der Waals surface area (Å²) in [6.45, 7) is 8.07. The smallest absolute Gasteiger partial charge is 0.254 e. The molecule has 1 heterocycles. The summed E-state index contributed by atoms with van der Waals surface area (Å²) in [4.78, 5) is 38.9. The zero-order valence-electron chi connectivity index (χ0n) is 18.7. The van der Waals surface area contributed by atoms with E-state index in [-0.39, 0.29) is 29.8 Å². The van der Waals surface area contributed by atoms with Gasteiger partial charge in [0, 0.05) is 41.1 Å². The SMILES string of the molecule is CC(C)(C)NC(=O)c1cccc(NCC(=O)Nc2ccc(C(=O)N3CCOCC3)cc2)c1. The largest absolute Gasteiger partial charge is 0.378 e. The van der Waals surface area contributed by atoms with Crippen LogP contribution in [0.1, 0.15) is 41.5 Å². The quantitative estimate of drug-likeness (QED) is 0.644. The fourth-order valence-electron chi connectivity index (χ4n) is 3.22. The minimum atomic E-state index is -0.331. The minimum absolute atomic E-state index is 0.0387. The molecule has 1 aliphatic rings. The lowest BCUT2D eigenvalue weighted by Gasteiger charge is -2.26. The summed E-state index contributed by atoms with van der Waals surface area (Å²) < 4.78 is 5.27. The first kappa shape index (κ1) is 23.3. The van der Waals surface area contributed by atoms with E-state index < -0.39 is 0 Å². The molecular formula is C24H30N4O4. The molecule has 1 aliphatic heterocycles. The van der Waals surface area contributed by atoms with E-state index in [0.29, 0.717) is 48.8 Å². The second-order valence-electron chi connectivity index (χ2n) is 8.67. The first-order valence-electron chi connectivity index (χ1n) is 10.6. The van der Waals surface area contributed by atoms with Crippen molar-refractivity contribution < 1.29 is 19.1 Å². The molecule has 0 aliphatic carbocycles. The summed E-state index contributed by atoms with van der Waals surface area (Å²) in [5, 5.41) is 8.75. The van der Waals surface area contributed by atoms with Gasteiger partial charge >= 0.3 is 0 Å². The number of hydrogen-bond acceptors (Lipinski definition) is 5. The predicted molar refractivity (Wildman–Crippen MR) is 124 cm³/mol. The molecule has 0 aromatic heterocycles. The van der Waals surface area contributed by atoms with Gasteiger partial charge in [0.25, 0.3) is 11.8 Å². The highest BCUT2D eigenvalue weighted by molar-refractivity contribution is 5.97. The average molecular weight is 439 g/mol. The van der Waals surface area contributed by atoms with Crippen LogP contribution >= 0.6 is 0 Å². The molecule has 3 amide bonds. The zero-order chi connectivity index (χ0) is 23.1. The normalized spacial score (nSPS) is 13.9. The van der Waals surface area contributed by atoms with E-state index >= 15 is 0 Å². The van der Waals surface area contributed by atoms with Crippen LogP contribution in [-0.4, -0.2) is 61.0 Å². The molecule has 0 saturated carbocycles. The molecule has 0 spiro atoms. The van der Waals surface area contributed by atoms with Crippen molar-refractivity contribution in [3.8, 4) is 0 Å². The molecule has 2 aromatic rings. The molecule has 0 bridgehead atoms.